The summed E-state index contributed by atoms with van der Waals surface area (Å²) < 4.78 is 1.08. The lowest BCUT2D eigenvalue weighted by Gasteiger charge is -2.35. The SMILES string of the molecule is C=C(C)/C(=C\C=C(/C)Nc1nc(Sc2cccc(N)c2)c2sccc2n1)N1CCN(C)CC1. The van der Waals surface area contributed by atoms with Crippen molar-refractivity contribution in [2.24, 2.45) is 0 Å². The molecule has 1 fully saturated rings. The molecule has 0 bridgehead atoms. The third-order valence-electron chi connectivity index (χ3n) is 5.43. The summed E-state index contributed by atoms with van der Waals surface area (Å²) in [6, 6.07) is 9.89. The number of thiophene rings is 1. The first kappa shape index (κ1) is 23.4. The van der Waals surface area contributed by atoms with Crippen molar-refractivity contribution in [1.29, 1.82) is 0 Å². The highest BCUT2D eigenvalue weighted by Gasteiger charge is 2.16. The molecule has 2 aromatic heterocycles. The molecule has 0 atom stereocenters. The van der Waals surface area contributed by atoms with Crippen LogP contribution >= 0.6 is 23.1 Å². The van der Waals surface area contributed by atoms with Crippen molar-refractivity contribution < 1.29 is 0 Å². The summed E-state index contributed by atoms with van der Waals surface area (Å²) in [5.41, 5.74) is 10.9. The summed E-state index contributed by atoms with van der Waals surface area (Å²) in [4.78, 5) is 15.3. The number of allylic oxidation sites excluding steroid dienone is 4. The molecular formula is C25H30N6S2. The molecule has 6 nitrogen and oxygen atoms in total. The van der Waals surface area contributed by atoms with Gasteiger partial charge >= 0.3 is 0 Å². The fourth-order valence-corrected chi connectivity index (χ4v) is 5.52. The largest absolute Gasteiger partial charge is 0.399 e. The van der Waals surface area contributed by atoms with E-state index in [4.69, 9.17) is 15.7 Å². The minimum Gasteiger partial charge on any atom is -0.399 e. The van der Waals surface area contributed by atoms with E-state index in [1.807, 2.05) is 42.6 Å². The van der Waals surface area contributed by atoms with Crippen LogP contribution in [0.3, 0.4) is 0 Å². The Morgan fingerprint density at radius 3 is 2.67 bits per heavy atom. The van der Waals surface area contributed by atoms with Crippen molar-refractivity contribution in [2.75, 3.05) is 44.3 Å². The smallest absolute Gasteiger partial charge is 0.228 e. The summed E-state index contributed by atoms with van der Waals surface area (Å²) in [6.07, 6.45) is 4.22. The summed E-state index contributed by atoms with van der Waals surface area (Å²) >= 11 is 3.25. The highest BCUT2D eigenvalue weighted by molar-refractivity contribution is 7.99. The van der Waals surface area contributed by atoms with Crippen molar-refractivity contribution in [3.63, 3.8) is 0 Å². The van der Waals surface area contributed by atoms with Gasteiger partial charge < -0.3 is 20.9 Å². The highest BCUT2D eigenvalue weighted by Crippen LogP contribution is 2.35. The van der Waals surface area contributed by atoms with Crippen LogP contribution in [0.4, 0.5) is 11.6 Å². The van der Waals surface area contributed by atoms with Crippen molar-refractivity contribution in [1.82, 2.24) is 19.8 Å². The first-order valence-electron chi connectivity index (χ1n) is 10.9. The van der Waals surface area contributed by atoms with Crippen LogP contribution in [0.5, 0.6) is 0 Å². The zero-order chi connectivity index (χ0) is 23.4. The molecule has 0 unspecified atom stereocenters. The number of benzene rings is 1. The van der Waals surface area contributed by atoms with Gasteiger partial charge in [-0.05, 0) is 68.3 Å². The van der Waals surface area contributed by atoms with Crippen molar-refractivity contribution in [3.05, 3.63) is 71.4 Å². The van der Waals surface area contributed by atoms with Gasteiger partial charge in [-0.1, -0.05) is 24.4 Å². The molecular weight excluding hydrogens is 448 g/mol. The van der Waals surface area contributed by atoms with E-state index in [0.717, 1.165) is 63.3 Å². The van der Waals surface area contributed by atoms with Crippen molar-refractivity contribution in [2.45, 2.75) is 23.8 Å². The van der Waals surface area contributed by atoms with E-state index in [9.17, 15) is 0 Å². The lowest BCUT2D eigenvalue weighted by atomic mass is 10.1. The van der Waals surface area contributed by atoms with E-state index in [-0.39, 0.29) is 0 Å². The Balaban J connectivity index is 1.55. The number of likely N-dealkylation sites (N-methyl/N-ethyl adjacent to an activating group) is 1. The molecule has 8 heteroatoms. The number of piperazine rings is 1. The molecule has 0 saturated carbocycles. The lowest BCUT2D eigenvalue weighted by Crippen LogP contribution is -2.43. The van der Waals surface area contributed by atoms with E-state index in [1.54, 1.807) is 23.1 Å². The molecule has 0 amide bonds. The van der Waals surface area contributed by atoms with E-state index < -0.39 is 0 Å². The summed E-state index contributed by atoms with van der Waals surface area (Å²) in [5.74, 6) is 0.589. The Kier molecular flexibility index (Phi) is 7.37. The predicted octanol–water partition coefficient (Wildman–Crippen LogP) is 5.45. The Bertz CT molecular complexity index is 1200. The number of nitrogens with zero attached hydrogens (tertiary/aromatic N) is 4. The van der Waals surface area contributed by atoms with Gasteiger partial charge in [0.25, 0.3) is 0 Å². The molecule has 4 rings (SSSR count). The molecule has 1 saturated heterocycles. The molecule has 0 spiro atoms. The van der Waals surface area contributed by atoms with E-state index >= 15 is 0 Å². The van der Waals surface area contributed by atoms with Crippen LogP contribution in [0.25, 0.3) is 10.2 Å². The van der Waals surface area contributed by atoms with Crippen LogP contribution in [0, 0.1) is 0 Å². The molecule has 172 valence electrons. The second kappa shape index (κ2) is 10.4. The second-order valence-corrected chi connectivity index (χ2v) is 10.2. The summed E-state index contributed by atoms with van der Waals surface area (Å²) in [7, 11) is 2.17. The lowest BCUT2D eigenvalue weighted by molar-refractivity contribution is 0.189. The first-order valence-corrected chi connectivity index (χ1v) is 12.6. The van der Waals surface area contributed by atoms with Crippen molar-refractivity contribution >= 4 is 45.0 Å². The van der Waals surface area contributed by atoms with Gasteiger partial charge in [0, 0.05) is 48.2 Å². The number of nitrogens with one attached hydrogen (secondary N) is 1. The van der Waals surface area contributed by atoms with Gasteiger partial charge in [0.1, 0.15) is 5.03 Å². The summed E-state index contributed by atoms with van der Waals surface area (Å²) in [6.45, 7) is 12.4. The van der Waals surface area contributed by atoms with Crippen LogP contribution in [0.1, 0.15) is 13.8 Å². The molecule has 33 heavy (non-hydrogen) atoms. The zero-order valence-corrected chi connectivity index (χ0v) is 21.0. The Morgan fingerprint density at radius 1 is 1.15 bits per heavy atom. The average molecular weight is 479 g/mol. The molecule has 3 aromatic rings. The van der Waals surface area contributed by atoms with E-state index in [1.165, 1.54) is 5.70 Å². The van der Waals surface area contributed by atoms with Crippen LogP contribution < -0.4 is 11.1 Å². The molecule has 1 aromatic carbocycles. The normalized spacial score (nSPS) is 15.8. The number of nitrogens with two attached hydrogens (primary N) is 1. The fraction of sp³-hybridized carbons (Fsp3) is 0.280. The Morgan fingerprint density at radius 2 is 1.94 bits per heavy atom. The molecule has 3 N–H and O–H groups in total. The fourth-order valence-electron chi connectivity index (χ4n) is 3.64. The van der Waals surface area contributed by atoms with E-state index in [0.29, 0.717) is 5.95 Å². The quantitative estimate of drug-likeness (QED) is 0.266. The van der Waals surface area contributed by atoms with Gasteiger partial charge in [-0.25, -0.2) is 9.97 Å². The predicted molar refractivity (Wildman–Crippen MR) is 142 cm³/mol. The number of fused-ring (bicyclic) bond motifs is 1. The number of rotatable bonds is 7. The maximum Gasteiger partial charge on any atom is 0.228 e. The zero-order valence-electron chi connectivity index (χ0n) is 19.3. The summed E-state index contributed by atoms with van der Waals surface area (Å²) in [5, 5.41) is 6.34. The van der Waals surface area contributed by atoms with Gasteiger partial charge in [-0.15, -0.1) is 11.3 Å². The number of nitrogen functional groups attached to an aromatic ring is 1. The van der Waals surface area contributed by atoms with Crippen LogP contribution in [0.2, 0.25) is 0 Å². The number of anilines is 2. The molecule has 0 aliphatic carbocycles. The number of aromatic nitrogens is 2. The molecule has 1 aliphatic heterocycles. The topological polar surface area (TPSA) is 70.3 Å². The monoisotopic (exact) mass is 478 g/mol. The van der Waals surface area contributed by atoms with Crippen LogP contribution in [-0.4, -0.2) is 53.0 Å². The van der Waals surface area contributed by atoms with Gasteiger partial charge in [0.2, 0.25) is 5.95 Å². The third-order valence-corrected chi connectivity index (χ3v) is 7.44. The molecule has 1 aliphatic rings. The Hall–Kier alpha value is -2.81. The molecule has 0 radical (unpaired) electrons. The van der Waals surface area contributed by atoms with E-state index in [2.05, 4.69) is 47.8 Å². The van der Waals surface area contributed by atoms with Crippen LogP contribution in [-0.2, 0) is 0 Å². The van der Waals surface area contributed by atoms with Crippen molar-refractivity contribution in [3.8, 4) is 0 Å². The minimum absolute atomic E-state index is 0.589. The number of hydrogen-bond acceptors (Lipinski definition) is 8. The van der Waals surface area contributed by atoms with Gasteiger partial charge in [-0.3, -0.25) is 0 Å². The van der Waals surface area contributed by atoms with Gasteiger partial charge in [-0.2, -0.15) is 0 Å². The van der Waals surface area contributed by atoms with Gasteiger partial charge in [0.15, 0.2) is 0 Å². The second-order valence-electron chi connectivity index (χ2n) is 8.26. The molecule has 3 heterocycles. The standard InChI is InChI=1S/C25H30N6S2/c1-17(2)22(31-13-11-30(4)12-14-31)9-8-18(3)27-25-28-21-10-15-32-23(21)24(29-25)33-20-7-5-6-19(26)16-20/h5-10,15-16H,1,11-14,26H2,2-4H3,(H,27,28,29)/b18-8+,22-9+. The minimum atomic E-state index is 0.589. The maximum absolute atomic E-state index is 5.96. The van der Waals surface area contributed by atoms with Gasteiger partial charge in [0.05, 0.1) is 10.2 Å². The Labute approximate surface area is 203 Å². The van der Waals surface area contributed by atoms with Crippen LogP contribution in [0.15, 0.2) is 81.3 Å². The highest BCUT2D eigenvalue weighted by atomic mass is 32.2. The first-order chi connectivity index (χ1) is 15.9. The average Bonchev–Trinajstić information content (AvgIpc) is 3.24. The third kappa shape index (κ3) is 5.96. The number of hydrogen-bond donors (Lipinski definition) is 2. The maximum atomic E-state index is 5.96.